The molecule has 1 aliphatic carbocycles. The van der Waals surface area contributed by atoms with Crippen molar-refractivity contribution < 1.29 is 30.3 Å². The Hall–Kier alpha value is -0.618. The van der Waals surface area contributed by atoms with E-state index in [0.29, 0.717) is 12.8 Å². The fourth-order valence-electron chi connectivity index (χ4n) is 1.72. The zero-order valence-electron chi connectivity index (χ0n) is 7.83. The van der Waals surface area contributed by atoms with Gasteiger partial charge in [0.05, 0.1) is 9.85 Å². The minimum atomic E-state index is -2.14. The summed E-state index contributed by atoms with van der Waals surface area (Å²) < 4.78 is 0. The molecule has 0 aromatic carbocycles. The summed E-state index contributed by atoms with van der Waals surface area (Å²) in [6.45, 7) is 0. The first-order valence-electron chi connectivity index (χ1n) is 4.21. The third-order valence-corrected chi connectivity index (χ3v) is 2.77. The number of hydrogen-bond acceptors (Lipinski definition) is 6. The summed E-state index contributed by atoms with van der Waals surface area (Å²) in [6, 6.07) is 0. The second-order valence-corrected chi connectivity index (χ2v) is 3.57. The minimum absolute atomic E-state index is 0. The van der Waals surface area contributed by atoms with Crippen LogP contribution in [0.4, 0.5) is 0 Å². The Morgan fingerprint density at radius 1 is 0.933 bits per heavy atom. The van der Waals surface area contributed by atoms with Gasteiger partial charge in [-0.2, -0.15) is 0 Å². The minimum Gasteiger partial charge on any atom is -0.262 e. The van der Waals surface area contributed by atoms with E-state index in [1.54, 1.807) is 0 Å². The van der Waals surface area contributed by atoms with Gasteiger partial charge in [-0.1, -0.05) is 0 Å². The van der Waals surface area contributed by atoms with Crippen molar-refractivity contribution in [1.29, 1.82) is 0 Å². The van der Waals surface area contributed by atoms with Crippen LogP contribution in [0.25, 0.3) is 0 Å². The zero-order chi connectivity index (χ0) is 11.0. The number of rotatable bonds is 2. The van der Waals surface area contributed by atoms with Gasteiger partial charge in [-0.3, -0.25) is 31.7 Å². The molecule has 0 aliphatic heterocycles. The first-order chi connectivity index (χ1) is 6.34. The maximum Gasteiger partial charge on any atom is 0.356 e. The smallest absolute Gasteiger partial charge is 0.262 e. The molecule has 0 saturated heterocycles. The van der Waals surface area contributed by atoms with Gasteiger partial charge >= 0.3 is 11.3 Å². The molecule has 90 valence electrons. The predicted molar refractivity (Wildman–Crippen MR) is 46.3 cm³/mol. The van der Waals surface area contributed by atoms with E-state index in [1.165, 1.54) is 0 Å². The molecule has 0 aromatic rings. The Balaban J connectivity index is 0.00000196. The van der Waals surface area contributed by atoms with Gasteiger partial charge in [0, 0.05) is 33.3 Å². The second-order valence-electron chi connectivity index (χ2n) is 3.57. The summed E-state index contributed by atoms with van der Waals surface area (Å²) >= 11 is 0. The Labute approximate surface area is 99.3 Å². The van der Waals surface area contributed by atoms with Crippen LogP contribution in [0.2, 0.25) is 0 Å². The van der Waals surface area contributed by atoms with Crippen LogP contribution in [0.3, 0.4) is 0 Å². The van der Waals surface area contributed by atoms with Crippen LogP contribution in [0.15, 0.2) is 0 Å². The van der Waals surface area contributed by atoms with Gasteiger partial charge in [-0.25, -0.2) is 0 Å². The van der Waals surface area contributed by atoms with Crippen molar-refractivity contribution in [2.45, 2.75) is 37.0 Å². The average molecular weight is 311 g/mol. The van der Waals surface area contributed by atoms with Crippen LogP contribution in [0.5, 0.6) is 0 Å². The molecule has 2 atom stereocenters. The van der Waals surface area contributed by atoms with Crippen molar-refractivity contribution in [1.82, 2.24) is 0 Å². The zero-order valence-corrected chi connectivity index (χ0v) is 9.38. The third-order valence-electron chi connectivity index (χ3n) is 2.77. The molecular formula is C6H12N4O4Pd. The van der Waals surface area contributed by atoms with Gasteiger partial charge in [0.1, 0.15) is 0 Å². The molecule has 0 aromatic heterocycles. The van der Waals surface area contributed by atoms with Gasteiger partial charge < -0.3 is 0 Å². The van der Waals surface area contributed by atoms with E-state index in [9.17, 15) is 20.2 Å². The first-order valence-corrected chi connectivity index (χ1v) is 4.21. The van der Waals surface area contributed by atoms with Crippen molar-refractivity contribution in [3.05, 3.63) is 20.2 Å². The Kier molecular flexibility index (Phi) is 4.30. The molecule has 0 bridgehead atoms. The molecule has 1 saturated carbocycles. The molecule has 9 heteroatoms. The van der Waals surface area contributed by atoms with Gasteiger partial charge in [0.25, 0.3) is 0 Å². The fraction of sp³-hybridized carbons (Fsp3) is 1.00. The van der Waals surface area contributed by atoms with Crippen molar-refractivity contribution in [3.63, 3.8) is 0 Å². The van der Waals surface area contributed by atoms with Crippen molar-refractivity contribution in [2.75, 3.05) is 0 Å². The van der Waals surface area contributed by atoms with Crippen LogP contribution >= 0.6 is 0 Å². The summed E-state index contributed by atoms with van der Waals surface area (Å²) in [5.74, 6) is 0. The van der Waals surface area contributed by atoms with Crippen LogP contribution < -0.4 is 11.5 Å². The van der Waals surface area contributed by atoms with E-state index in [0.717, 1.165) is 0 Å². The van der Waals surface area contributed by atoms with Crippen LogP contribution in [0, 0.1) is 20.2 Å². The van der Waals surface area contributed by atoms with E-state index in [2.05, 4.69) is 0 Å². The monoisotopic (exact) mass is 310 g/mol. The summed E-state index contributed by atoms with van der Waals surface area (Å²) in [6.07, 6.45) is 0.865. The Morgan fingerprint density at radius 3 is 1.40 bits per heavy atom. The summed E-state index contributed by atoms with van der Waals surface area (Å²) in [7, 11) is 0. The van der Waals surface area contributed by atoms with E-state index >= 15 is 0 Å². The topological polar surface area (TPSA) is 138 Å². The summed E-state index contributed by atoms with van der Waals surface area (Å²) in [4.78, 5) is 19.7. The summed E-state index contributed by atoms with van der Waals surface area (Å²) in [5, 5.41) is 21.4. The molecule has 0 amide bonds. The quantitative estimate of drug-likeness (QED) is 0.303. The molecule has 0 radical (unpaired) electrons. The predicted octanol–water partition coefficient (Wildman–Crippen LogP) is -0.579. The molecule has 2 unspecified atom stereocenters. The molecular weight excluding hydrogens is 299 g/mol. The molecule has 1 aliphatic rings. The van der Waals surface area contributed by atoms with Crippen LogP contribution in [0.1, 0.15) is 25.7 Å². The van der Waals surface area contributed by atoms with E-state index in [-0.39, 0.29) is 33.3 Å². The Bertz CT molecular complexity index is 260. The van der Waals surface area contributed by atoms with Crippen LogP contribution in [-0.2, 0) is 20.4 Å². The van der Waals surface area contributed by atoms with Crippen molar-refractivity contribution >= 4 is 0 Å². The second kappa shape index (κ2) is 4.49. The van der Waals surface area contributed by atoms with E-state index < -0.39 is 21.2 Å². The maximum atomic E-state index is 10.7. The van der Waals surface area contributed by atoms with Crippen molar-refractivity contribution in [2.24, 2.45) is 11.5 Å². The molecule has 0 spiro atoms. The average Bonchev–Trinajstić information content (AvgIpc) is 2.09. The Morgan fingerprint density at radius 2 is 1.20 bits per heavy atom. The first kappa shape index (κ1) is 14.4. The molecule has 4 N–H and O–H groups in total. The molecule has 0 heterocycles. The normalized spacial score (nSPS) is 35.3. The maximum absolute atomic E-state index is 10.7. The number of nitro groups is 2. The number of hydrogen-bond donors (Lipinski definition) is 2. The van der Waals surface area contributed by atoms with E-state index in [4.69, 9.17) is 11.5 Å². The number of nitrogens with zero attached hydrogens (tertiary/aromatic N) is 2. The molecule has 1 fully saturated rings. The van der Waals surface area contributed by atoms with Crippen molar-refractivity contribution in [3.8, 4) is 0 Å². The SMILES string of the molecule is NC1([N+](=O)[O-])CCCCC1(N)[N+](=O)[O-].[Pd]. The van der Waals surface area contributed by atoms with Gasteiger partial charge in [-0.05, 0) is 12.8 Å². The fourth-order valence-corrected chi connectivity index (χ4v) is 1.72. The molecule has 15 heavy (non-hydrogen) atoms. The van der Waals surface area contributed by atoms with Gasteiger partial charge in [0.15, 0.2) is 0 Å². The van der Waals surface area contributed by atoms with Gasteiger partial charge in [0.2, 0.25) is 0 Å². The van der Waals surface area contributed by atoms with Gasteiger partial charge in [-0.15, -0.1) is 0 Å². The number of nitrogens with two attached hydrogens (primary N) is 2. The molecule has 8 nitrogen and oxygen atoms in total. The standard InChI is InChI=1S/C6H12N4O4.Pd/c7-5(9(11)12)3-1-2-4-6(5,8)10(13)14;/h1-4,7-8H2;. The van der Waals surface area contributed by atoms with E-state index in [1.807, 2.05) is 0 Å². The third kappa shape index (κ3) is 2.01. The summed E-state index contributed by atoms with van der Waals surface area (Å²) in [5.41, 5.74) is 6.54. The van der Waals surface area contributed by atoms with Crippen LogP contribution in [-0.4, -0.2) is 21.2 Å². The molecule has 1 rings (SSSR count). The largest absolute Gasteiger partial charge is 0.356 e.